The number of hydrogen-bond acceptors (Lipinski definition) is 5. The number of aryl methyl sites for hydroxylation is 1. The molecular weight excluding hydrogens is 284 g/mol. The van der Waals surface area contributed by atoms with E-state index in [1.807, 2.05) is 20.8 Å². The second-order valence-corrected chi connectivity index (χ2v) is 4.92. The van der Waals surface area contributed by atoms with Gasteiger partial charge < -0.3 is 15.1 Å². The van der Waals surface area contributed by atoms with Crippen molar-refractivity contribution in [1.82, 2.24) is 14.7 Å². The third-order valence-corrected chi connectivity index (χ3v) is 3.40. The average Bonchev–Trinajstić information content (AvgIpc) is 2.91. The topological polar surface area (TPSA) is 94.4 Å². The second kappa shape index (κ2) is 6.46. The van der Waals surface area contributed by atoms with Crippen molar-refractivity contribution in [2.45, 2.75) is 27.3 Å². The normalized spacial score (nSPS) is 10.7. The molecule has 2 heterocycles. The largest absolute Gasteiger partial charge is 0.460 e. The van der Waals surface area contributed by atoms with Crippen molar-refractivity contribution >= 4 is 11.6 Å². The van der Waals surface area contributed by atoms with Gasteiger partial charge in [0.15, 0.2) is 5.76 Å². The number of anilines is 1. The number of carbonyl (C=O) groups excluding carboxylic acids is 1. The van der Waals surface area contributed by atoms with E-state index in [0.29, 0.717) is 24.5 Å². The Bertz CT molecular complexity index is 729. The lowest BCUT2D eigenvalue weighted by atomic mass is 10.3. The van der Waals surface area contributed by atoms with Gasteiger partial charge in [0.05, 0.1) is 0 Å². The number of aromatic nitrogens is 2. The molecular formula is C15H20N4O3. The van der Waals surface area contributed by atoms with Gasteiger partial charge in [-0.25, -0.2) is 4.68 Å². The Kier molecular flexibility index (Phi) is 4.65. The summed E-state index contributed by atoms with van der Waals surface area (Å²) in [6.45, 7) is 6.60. The smallest absolute Gasteiger partial charge is 0.290 e. The lowest BCUT2D eigenvalue weighted by molar-refractivity contribution is -0.131. The summed E-state index contributed by atoms with van der Waals surface area (Å²) in [5.41, 5.74) is 5.73. The van der Waals surface area contributed by atoms with Crippen LogP contribution in [0.4, 0.5) is 5.69 Å². The number of nitrogen functional groups attached to an aromatic ring is 1. The van der Waals surface area contributed by atoms with Crippen molar-refractivity contribution < 1.29 is 9.21 Å². The van der Waals surface area contributed by atoms with Crippen LogP contribution in [0.1, 0.15) is 19.6 Å². The van der Waals surface area contributed by atoms with Gasteiger partial charge in [-0.1, -0.05) is 0 Å². The molecule has 118 valence electrons. The molecule has 0 aliphatic carbocycles. The summed E-state index contributed by atoms with van der Waals surface area (Å²) in [5, 5.41) is 4.19. The summed E-state index contributed by atoms with van der Waals surface area (Å²) in [4.78, 5) is 25.9. The number of nitrogens with two attached hydrogens (primary N) is 1. The maximum absolute atomic E-state index is 12.2. The van der Waals surface area contributed by atoms with E-state index in [1.165, 1.54) is 6.07 Å². The van der Waals surface area contributed by atoms with E-state index in [1.54, 1.807) is 17.0 Å². The Morgan fingerprint density at radius 1 is 1.36 bits per heavy atom. The van der Waals surface area contributed by atoms with Gasteiger partial charge in [0.25, 0.3) is 5.56 Å². The minimum absolute atomic E-state index is 0.0337. The molecule has 0 fully saturated rings. The molecule has 2 rings (SSSR count). The Balaban J connectivity index is 2.37. The highest BCUT2D eigenvalue weighted by Gasteiger charge is 2.15. The van der Waals surface area contributed by atoms with Gasteiger partial charge in [-0.3, -0.25) is 9.59 Å². The van der Waals surface area contributed by atoms with Gasteiger partial charge >= 0.3 is 0 Å². The molecule has 0 aromatic carbocycles. The number of carbonyl (C=O) groups is 1. The molecule has 0 radical (unpaired) electrons. The maximum Gasteiger partial charge on any atom is 0.290 e. The maximum atomic E-state index is 12.2. The van der Waals surface area contributed by atoms with Crippen LogP contribution in [0.3, 0.4) is 0 Å². The van der Waals surface area contributed by atoms with Crippen LogP contribution in [0, 0.1) is 6.92 Å². The lowest BCUT2D eigenvalue weighted by Crippen LogP contribution is -2.37. The Morgan fingerprint density at radius 2 is 2.05 bits per heavy atom. The molecule has 2 aromatic heterocycles. The van der Waals surface area contributed by atoms with Crippen molar-refractivity contribution in [1.29, 1.82) is 0 Å². The third kappa shape index (κ3) is 3.19. The van der Waals surface area contributed by atoms with Crippen LogP contribution in [0.5, 0.6) is 0 Å². The van der Waals surface area contributed by atoms with Crippen molar-refractivity contribution in [3.05, 3.63) is 34.3 Å². The highest BCUT2D eigenvalue weighted by Crippen LogP contribution is 2.19. The Morgan fingerprint density at radius 3 is 2.59 bits per heavy atom. The molecule has 0 saturated carbocycles. The van der Waals surface area contributed by atoms with E-state index >= 15 is 0 Å². The zero-order valence-electron chi connectivity index (χ0n) is 13.0. The molecule has 0 unspecified atom stereocenters. The summed E-state index contributed by atoms with van der Waals surface area (Å²) in [5.74, 6) is 1.06. The summed E-state index contributed by atoms with van der Waals surface area (Å²) in [6, 6.07) is 5.00. The van der Waals surface area contributed by atoms with Crippen LogP contribution in [-0.2, 0) is 11.3 Å². The standard InChI is InChI=1S/C15H20N4O3/c1-4-18(5-2)14(20)9-19-15(21)11(16)8-12(17-19)13-7-6-10(3)22-13/h6-8H,4-5,9,16H2,1-3H3. The van der Waals surface area contributed by atoms with E-state index in [-0.39, 0.29) is 18.1 Å². The lowest BCUT2D eigenvalue weighted by Gasteiger charge is -2.18. The first-order chi connectivity index (χ1) is 10.5. The summed E-state index contributed by atoms with van der Waals surface area (Å²) in [6.07, 6.45) is 0. The molecule has 7 nitrogen and oxygen atoms in total. The van der Waals surface area contributed by atoms with Gasteiger partial charge in [-0.15, -0.1) is 0 Å². The van der Waals surface area contributed by atoms with Crippen molar-refractivity contribution in [2.75, 3.05) is 18.8 Å². The molecule has 0 spiro atoms. The minimum atomic E-state index is -0.479. The SMILES string of the molecule is CCN(CC)C(=O)Cn1nc(-c2ccc(C)o2)cc(N)c1=O. The molecule has 0 aliphatic heterocycles. The molecule has 0 aliphatic rings. The van der Waals surface area contributed by atoms with Crippen LogP contribution in [0.25, 0.3) is 11.5 Å². The Hall–Kier alpha value is -2.57. The fourth-order valence-electron chi connectivity index (χ4n) is 2.17. The number of likely N-dealkylation sites (N-methyl/N-ethyl adjacent to an activating group) is 1. The van der Waals surface area contributed by atoms with E-state index in [2.05, 4.69) is 5.10 Å². The molecule has 0 saturated heterocycles. The number of hydrogen-bond donors (Lipinski definition) is 1. The summed E-state index contributed by atoms with van der Waals surface area (Å²) in [7, 11) is 0. The van der Waals surface area contributed by atoms with E-state index in [9.17, 15) is 9.59 Å². The zero-order chi connectivity index (χ0) is 16.3. The van der Waals surface area contributed by atoms with Crippen LogP contribution in [-0.4, -0.2) is 33.7 Å². The highest BCUT2D eigenvalue weighted by atomic mass is 16.3. The van der Waals surface area contributed by atoms with Gasteiger partial charge in [-0.05, 0) is 39.0 Å². The fraction of sp³-hybridized carbons (Fsp3) is 0.400. The Labute approximate surface area is 128 Å². The number of nitrogens with zero attached hydrogens (tertiary/aromatic N) is 3. The predicted molar refractivity (Wildman–Crippen MR) is 83.3 cm³/mol. The molecule has 1 amide bonds. The van der Waals surface area contributed by atoms with Gasteiger partial charge in [0, 0.05) is 13.1 Å². The monoisotopic (exact) mass is 304 g/mol. The van der Waals surface area contributed by atoms with Gasteiger partial charge in [0.1, 0.15) is 23.7 Å². The van der Waals surface area contributed by atoms with Crippen molar-refractivity contribution in [3.8, 4) is 11.5 Å². The van der Waals surface area contributed by atoms with Crippen LogP contribution >= 0.6 is 0 Å². The van der Waals surface area contributed by atoms with Gasteiger partial charge in [0.2, 0.25) is 5.91 Å². The summed E-state index contributed by atoms with van der Waals surface area (Å²) < 4.78 is 6.57. The second-order valence-electron chi connectivity index (χ2n) is 4.92. The zero-order valence-corrected chi connectivity index (χ0v) is 13.0. The molecule has 2 N–H and O–H groups in total. The van der Waals surface area contributed by atoms with Gasteiger partial charge in [-0.2, -0.15) is 5.10 Å². The number of rotatable bonds is 5. The molecule has 2 aromatic rings. The molecule has 7 heteroatoms. The van der Waals surface area contributed by atoms with E-state index < -0.39 is 5.56 Å². The minimum Gasteiger partial charge on any atom is -0.460 e. The van der Waals surface area contributed by atoms with E-state index in [0.717, 1.165) is 10.4 Å². The predicted octanol–water partition coefficient (Wildman–Crippen LogP) is 1.26. The molecule has 0 atom stereocenters. The first-order valence-corrected chi connectivity index (χ1v) is 7.18. The summed E-state index contributed by atoms with van der Waals surface area (Å²) >= 11 is 0. The highest BCUT2D eigenvalue weighted by molar-refractivity contribution is 5.76. The van der Waals surface area contributed by atoms with Crippen LogP contribution in [0.2, 0.25) is 0 Å². The fourth-order valence-corrected chi connectivity index (χ4v) is 2.17. The van der Waals surface area contributed by atoms with Crippen molar-refractivity contribution in [3.63, 3.8) is 0 Å². The van der Waals surface area contributed by atoms with Crippen molar-refractivity contribution in [2.24, 2.45) is 0 Å². The van der Waals surface area contributed by atoms with Crippen LogP contribution in [0.15, 0.2) is 27.4 Å². The molecule has 22 heavy (non-hydrogen) atoms. The van der Waals surface area contributed by atoms with E-state index in [4.69, 9.17) is 10.2 Å². The number of furan rings is 1. The number of amides is 1. The molecule has 0 bridgehead atoms. The third-order valence-electron chi connectivity index (χ3n) is 3.40. The first kappa shape index (κ1) is 15.8. The van der Waals surface area contributed by atoms with Crippen LogP contribution < -0.4 is 11.3 Å². The quantitative estimate of drug-likeness (QED) is 0.897. The average molecular weight is 304 g/mol. The first-order valence-electron chi connectivity index (χ1n) is 7.18.